The quantitative estimate of drug-likeness (QED) is 0.480. The predicted octanol–water partition coefficient (Wildman–Crippen LogP) is 2.52. The van der Waals surface area contributed by atoms with Crippen LogP contribution in [0.3, 0.4) is 0 Å². The number of carbonyl (C=O) groups excluding carboxylic acids is 1. The van der Waals surface area contributed by atoms with Gasteiger partial charge in [0.05, 0.1) is 18.5 Å². The molecule has 108 valence electrons. The highest BCUT2D eigenvalue weighted by Gasteiger charge is 2.26. The summed E-state index contributed by atoms with van der Waals surface area (Å²) in [6.07, 6.45) is 3.31. The van der Waals surface area contributed by atoms with Gasteiger partial charge in [-0.3, -0.25) is 14.9 Å². The third-order valence-corrected chi connectivity index (χ3v) is 3.63. The lowest BCUT2D eigenvalue weighted by atomic mass is 9.98. The number of esters is 1. The number of rotatable bonds is 4. The minimum Gasteiger partial charge on any atom is -0.469 e. The van der Waals surface area contributed by atoms with E-state index in [1.54, 1.807) is 12.1 Å². The lowest BCUT2D eigenvalue weighted by Gasteiger charge is -2.37. The van der Waals surface area contributed by atoms with Gasteiger partial charge in [0.25, 0.3) is 5.69 Å². The summed E-state index contributed by atoms with van der Waals surface area (Å²) in [6.45, 7) is 0.808. The second kappa shape index (κ2) is 6.36. The summed E-state index contributed by atoms with van der Waals surface area (Å²) in [4.78, 5) is 24.0. The fourth-order valence-electron chi connectivity index (χ4n) is 2.61. The van der Waals surface area contributed by atoms with Crippen molar-refractivity contribution < 1.29 is 14.5 Å². The zero-order chi connectivity index (χ0) is 14.5. The van der Waals surface area contributed by atoms with Crippen molar-refractivity contribution in [1.29, 1.82) is 0 Å². The van der Waals surface area contributed by atoms with Crippen LogP contribution in [0, 0.1) is 10.1 Å². The van der Waals surface area contributed by atoms with E-state index < -0.39 is 4.92 Å². The molecule has 6 heteroatoms. The third kappa shape index (κ3) is 3.26. The normalized spacial score (nSPS) is 18.6. The van der Waals surface area contributed by atoms with E-state index in [-0.39, 0.29) is 17.7 Å². The van der Waals surface area contributed by atoms with Crippen molar-refractivity contribution in [3.63, 3.8) is 0 Å². The standard InChI is InChI=1S/C14H18N2O4/c1-20-14(17)10-12-5-2-3-8-15(12)11-6-4-7-13(9-11)16(18)19/h4,6-7,9,12H,2-3,5,8,10H2,1H3. The van der Waals surface area contributed by atoms with E-state index in [4.69, 9.17) is 4.74 Å². The number of methoxy groups -OCH3 is 1. The maximum Gasteiger partial charge on any atom is 0.307 e. The Morgan fingerprint density at radius 1 is 1.50 bits per heavy atom. The Bertz CT molecular complexity index is 504. The van der Waals surface area contributed by atoms with Crippen molar-refractivity contribution in [2.24, 2.45) is 0 Å². The topological polar surface area (TPSA) is 72.7 Å². The Morgan fingerprint density at radius 3 is 3.00 bits per heavy atom. The second-order valence-corrected chi connectivity index (χ2v) is 4.90. The first-order valence-electron chi connectivity index (χ1n) is 6.69. The molecular weight excluding hydrogens is 260 g/mol. The molecule has 1 fully saturated rings. The largest absolute Gasteiger partial charge is 0.469 e. The Hall–Kier alpha value is -2.11. The lowest BCUT2D eigenvalue weighted by molar-refractivity contribution is -0.384. The van der Waals surface area contributed by atoms with Gasteiger partial charge < -0.3 is 9.64 Å². The molecule has 1 atom stereocenters. The Balaban J connectivity index is 2.20. The van der Waals surface area contributed by atoms with E-state index in [1.807, 2.05) is 6.07 Å². The molecule has 0 amide bonds. The number of anilines is 1. The van der Waals surface area contributed by atoms with Crippen molar-refractivity contribution in [3.05, 3.63) is 34.4 Å². The molecule has 6 nitrogen and oxygen atoms in total. The van der Waals surface area contributed by atoms with Gasteiger partial charge in [0.15, 0.2) is 0 Å². The molecule has 0 bridgehead atoms. The third-order valence-electron chi connectivity index (χ3n) is 3.63. The van der Waals surface area contributed by atoms with Crippen LogP contribution in [-0.2, 0) is 9.53 Å². The van der Waals surface area contributed by atoms with Gasteiger partial charge in [-0.1, -0.05) is 6.07 Å². The molecule has 1 aliphatic heterocycles. The number of nitro benzene ring substituents is 1. The molecule has 1 aromatic rings. The Kier molecular flexibility index (Phi) is 4.55. The zero-order valence-electron chi connectivity index (χ0n) is 11.4. The van der Waals surface area contributed by atoms with Gasteiger partial charge in [-0.25, -0.2) is 0 Å². The SMILES string of the molecule is COC(=O)CC1CCCCN1c1cccc([N+](=O)[O-])c1. The molecule has 0 radical (unpaired) electrons. The molecule has 1 heterocycles. The van der Waals surface area contributed by atoms with E-state index in [0.29, 0.717) is 6.42 Å². The van der Waals surface area contributed by atoms with Gasteiger partial charge in [-0.2, -0.15) is 0 Å². The average molecular weight is 278 g/mol. The number of hydrogen-bond donors (Lipinski definition) is 0. The molecule has 2 rings (SSSR count). The van der Waals surface area contributed by atoms with E-state index in [0.717, 1.165) is 31.5 Å². The summed E-state index contributed by atoms with van der Waals surface area (Å²) in [5.41, 5.74) is 0.873. The molecule has 20 heavy (non-hydrogen) atoms. The van der Waals surface area contributed by atoms with Gasteiger partial charge in [0.2, 0.25) is 0 Å². The molecule has 1 aliphatic rings. The van der Waals surface area contributed by atoms with Gasteiger partial charge >= 0.3 is 5.97 Å². The summed E-state index contributed by atoms with van der Waals surface area (Å²) in [5, 5.41) is 10.9. The van der Waals surface area contributed by atoms with E-state index in [2.05, 4.69) is 4.90 Å². The van der Waals surface area contributed by atoms with E-state index >= 15 is 0 Å². The van der Waals surface area contributed by atoms with Gasteiger partial charge in [0.1, 0.15) is 0 Å². The first-order chi connectivity index (χ1) is 9.61. The number of nitrogens with zero attached hydrogens (tertiary/aromatic N) is 2. The van der Waals surface area contributed by atoms with Crippen molar-refractivity contribution in [2.75, 3.05) is 18.6 Å². The molecule has 0 aliphatic carbocycles. The fourth-order valence-corrected chi connectivity index (χ4v) is 2.61. The zero-order valence-corrected chi connectivity index (χ0v) is 11.4. The maximum atomic E-state index is 11.5. The number of non-ortho nitro benzene ring substituents is 1. The molecule has 0 saturated carbocycles. The fraction of sp³-hybridized carbons (Fsp3) is 0.500. The van der Waals surface area contributed by atoms with Crippen LogP contribution < -0.4 is 4.90 Å². The van der Waals surface area contributed by atoms with Crippen LogP contribution in [0.25, 0.3) is 0 Å². The number of benzene rings is 1. The Labute approximate surface area is 117 Å². The first kappa shape index (κ1) is 14.3. The maximum absolute atomic E-state index is 11.5. The van der Waals surface area contributed by atoms with Crippen LogP contribution in [0.5, 0.6) is 0 Å². The second-order valence-electron chi connectivity index (χ2n) is 4.90. The van der Waals surface area contributed by atoms with Crippen molar-refractivity contribution in [3.8, 4) is 0 Å². The number of carbonyl (C=O) groups is 1. The minimum absolute atomic E-state index is 0.0539. The monoisotopic (exact) mass is 278 g/mol. The smallest absolute Gasteiger partial charge is 0.307 e. The molecule has 0 spiro atoms. The minimum atomic E-state index is -0.400. The van der Waals surface area contributed by atoms with Crippen molar-refractivity contribution >= 4 is 17.3 Å². The number of hydrogen-bond acceptors (Lipinski definition) is 5. The summed E-state index contributed by atoms with van der Waals surface area (Å²) < 4.78 is 4.73. The van der Waals surface area contributed by atoms with Crippen LogP contribution in [0.15, 0.2) is 24.3 Å². The van der Waals surface area contributed by atoms with Crippen LogP contribution in [-0.4, -0.2) is 30.6 Å². The summed E-state index contributed by atoms with van der Waals surface area (Å²) in [7, 11) is 1.38. The van der Waals surface area contributed by atoms with Gasteiger partial charge in [-0.05, 0) is 25.3 Å². The molecule has 0 N–H and O–H groups in total. The summed E-state index contributed by atoms with van der Waals surface area (Å²) in [5.74, 6) is -0.243. The highest BCUT2D eigenvalue weighted by Crippen LogP contribution is 2.29. The molecule has 1 unspecified atom stereocenters. The van der Waals surface area contributed by atoms with Crippen LogP contribution in [0.4, 0.5) is 11.4 Å². The van der Waals surface area contributed by atoms with Crippen molar-refractivity contribution in [2.45, 2.75) is 31.7 Å². The number of nitro groups is 1. The highest BCUT2D eigenvalue weighted by molar-refractivity contribution is 5.71. The van der Waals surface area contributed by atoms with E-state index in [1.165, 1.54) is 13.2 Å². The molecule has 1 aromatic carbocycles. The lowest BCUT2D eigenvalue weighted by Crippen LogP contribution is -2.41. The van der Waals surface area contributed by atoms with E-state index in [9.17, 15) is 14.9 Å². The van der Waals surface area contributed by atoms with Crippen LogP contribution >= 0.6 is 0 Å². The first-order valence-corrected chi connectivity index (χ1v) is 6.69. The van der Waals surface area contributed by atoms with Gasteiger partial charge in [0, 0.05) is 30.4 Å². The summed E-state index contributed by atoms with van der Waals surface area (Å²) in [6, 6.07) is 6.62. The number of ether oxygens (including phenoxy) is 1. The van der Waals surface area contributed by atoms with Crippen LogP contribution in [0.2, 0.25) is 0 Å². The Morgan fingerprint density at radius 2 is 2.30 bits per heavy atom. The van der Waals surface area contributed by atoms with Crippen molar-refractivity contribution in [1.82, 2.24) is 0 Å². The number of piperidine rings is 1. The average Bonchev–Trinajstić information content (AvgIpc) is 2.47. The van der Waals surface area contributed by atoms with Crippen LogP contribution in [0.1, 0.15) is 25.7 Å². The molecule has 0 aromatic heterocycles. The predicted molar refractivity (Wildman–Crippen MR) is 74.7 cm³/mol. The highest BCUT2D eigenvalue weighted by atomic mass is 16.6. The molecule has 1 saturated heterocycles. The molecular formula is C14H18N2O4. The summed E-state index contributed by atoms with van der Waals surface area (Å²) >= 11 is 0. The van der Waals surface area contributed by atoms with Gasteiger partial charge in [-0.15, -0.1) is 0 Å².